The third kappa shape index (κ3) is 9.73. The van der Waals surface area contributed by atoms with E-state index in [-0.39, 0.29) is 37.1 Å². The summed E-state index contributed by atoms with van der Waals surface area (Å²) in [4.78, 5) is 16.2. The molecule has 18 atom stereocenters. The SMILES string of the molecule is CC[C@H]1OC(=O)[C@H](C)[C@@H](OC2CC(C)(OC)C(O)[C@H](C)O2)[C@H](C)[C@@H](OC2O[C@H](C)CC(N(C)C)C2O)[C@](C)(OC)C[C@@H](C)/C(=N\O)[C@H](C)[C@@H](O)[C@]1(C)O. The van der Waals surface area contributed by atoms with E-state index in [1.54, 1.807) is 34.6 Å². The van der Waals surface area contributed by atoms with Gasteiger partial charge in [0.15, 0.2) is 12.6 Å². The van der Waals surface area contributed by atoms with Gasteiger partial charge >= 0.3 is 5.97 Å². The molecule has 3 saturated heterocycles. The van der Waals surface area contributed by atoms with Gasteiger partial charge in [0, 0.05) is 44.4 Å². The molecule has 15 heteroatoms. The largest absolute Gasteiger partial charge is 0.459 e. The second kappa shape index (κ2) is 18.2. The molecule has 0 saturated carbocycles. The lowest BCUT2D eigenvalue weighted by atomic mass is 9.73. The van der Waals surface area contributed by atoms with E-state index in [0.717, 1.165) is 0 Å². The van der Waals surface area contributed by atoms with E-state index in [2.05, 4.69) is 5.16 Å². The molecule has 3 fully saturated rings. The Kier molecular flexibility index (Phi) is 15.7. The number of esters is 1. The van der Waals surface area contributed by atoms with Crippen molar-refractivity contribution < 1.29 is 63.6 Å². The average Bonchev–Trinajstić information content (AvgIpc) is 3.10. The van der Waals surface area contributed by atoms with Crippen molar-refractivity contribution in [3.8, 4) is 0 Å². The van der Waals surface area contributed by atoms with Crippen LogP contribution in [0.2, 0.25) is 0 Å². The molecule has 3 rings (SSSR count). The lowest BCUT2D eigenvalue weighted by Gasteiger charge is -2.50. The lowest BCUT2D eigenvalue weighted by molar-refractivity contribution is -0.319. The number of nitrogens with zero attached hydrogens (tertiary/aromatic N) is 2. The number of carbonyl (C=O) groups excluding carboxylic acids is 1. The van der Waals surface area contributed by atoms with Gasteiger partial charge in [0.05, 0.1) is 53.4 Å². The molecule has 3 heterocycles. The van der Waals surface area contributed by atoms with Gasteiger partial charge in [-0.05, 0) is 74.9 Å². The van der Waals surface area contributed by atoms with Crippen LogP contribution in [0.1, 0.15) is 94.9 Å². The second-order valence-electron chi connectivity index (χ2n) is 16.8. The molecule has 3 aliphatic heterocycles. The molecule has 53 heavy (non-hydrogen) atoms. The third-order valence-electron chi connectivity index (χ3n) is 12.4. The summed E-state index contributed by atoms with van der Waals surface area (Å²) in [5.74, 6) is -3.82. The zero-order valence-electron chi connectivity index (χ0n) is 34.4. The van der Waals surface area contributed by atoms with E-state index < -0.39 is 102 Å². The molecule has 6 unspecified atom stereocenters. The maximum Gasteiger partial charge on any atom is 0.311 e. The Morgan fingerprint density at radius 3 is 2.02 bits per heavy atom. The van der Waals surface area contributed by atoms with Crippen LogP contribution in [0, 0.1) is 23.7 Å². The Labute approximate surface area is 316 Å². The van der Waals surface area contributed by atoms with Crippen LogP contribution in [-0.4, -0.2) is 155 Å². The zero-order valence-corrected chi connectivity index (χ0v) is 34.4. The Bertz CT molecular complexity index is 1220. The molecular formula is C38H70N2O13. The normalized spacial score (nSPS) is 49.1. The first-order chi connectivity index (χ1) is 24.5. The van der Waals surface area contributed by atoms with Crippen LogP contribution in [0.5, 0.6) is 0 Å². The number of aliphatic hydroxyl groups is 4. The average molecular weight is 763 g/mol. The van der Waals surface area contributed by atoms with E-state index in [4.69, 9.17) is 33.2 Å². The molecule has 0 amide bonds. The summed E-state index contributed by atoms with van der Waals surface area (Å²) >= 11 is 0. The predicted octanol–water partition coefficient (Wildman–Crippen LogP) is 2.70. The summed E-state index contributed by atoms with van der Waals surface area (Å²) in [7, 11) is 6.80. The molecule has 3 aliphatic rings. The summed E-state index contributed by atoms with van der Waals surface area (Å²) in [6, 6.07) is -0.282. The molecule has 15 nitrogen and oxygen atoms in total. The minimum atomic E-state index is -1.94. The van der Waals surface area contributed by atoms with Crippen molar-refractivity contribution in [2.45, 2.75) is 179 Å². The van der Waals surface area contributed by atoms with Crippen LogP contribution in [0.25, 0.3) is 0 Å². The highest BCUT2D eigenvalue weighted by Crippen LogP contribution is 2.42. The maximum absolute atomic E-state index is 14.2. The molecule has 0 radical (unpaired) electrons. The van der Waals surface area contributed by atoms with Crippen LogP contribution in [-0.2, 0) is 38.0 Å². The van der Waals surface area contributed by atoms with Crippen LogP contribution in [0.15, 0.2) is 5.16 Å². The number of rotatable bonds is 8. The molecule has 0 aromatic rings. The van der Waals surface area contributed by atoms with Crippen LogP contribution >= 0.6 is 0 Å². The summed E-state index contributed by atoms with van der Waals surface area (Å²) in [6.07, 6.45) is -8.53. The highest BCUT2D eigenvalue weighted by atomic mass is 16.7. The topological polar surface area (TPSA) is 198 Å². The van der Waals surface area contributed by atoms with Gasteiger partial charge in [0.25, 0.3) is 0 Å². The van der Waals surface area contributed by atoms with Gasteiger partial charge in [0.2, 0.25) is 0 Å². The molecule has 0 aliphatic carbocycles. The number of oxime groups is 1. The Balaban J connectivity index is 2.25. The smallest absolute Gasteiger partial charge is 0.311 e. The highest BCUT2D eigenvalue weighted by molar-refractivity contribution is 5.88. The van der Waals surface area contributed by atoms with Crippen molar-refractivity contribution in [3.63, 3.8) is 0 Å². The molecule has 0 aromatic heterocycles. The minimum Gasteiger partial charge on any atom is -0.459 e. The van der Waals surface area contributed by atoms with Crippen molar-refractivity contribution in [1.29, 1.82) is 0 Å². The van der Waals surface area contributed by atoms with Gasteiger partial charge in [-0.25, -0.2) is 0 Å². The molecule has 0 aromatic carbocycles. The van der Waals surface area contributed by atoms with Crippen molar-refractivity contribution in [3.05, 3.63) is 0 Å². The first-order valence-electron chi connectivity index (χ1n) is 19.1. The number of ether oxygens (including phenoxy) is 7. The van der Waals surface area contributed by atoms with Crippen molar-refractivity contribution in [2.75, 3.05) is 28.3 Å². The number of cyclic esters (lactones) is 1. The van der Waals surface area contributed by atoms with Gasteiger partial charge < -0.3 is 63.7 Å². The Morgan fingerprint density at radius 2 is 1.49 bits per heavy atom. The minimum absolute atomic E-state index is 0.128. The Morgan fingerprint density at radius 1 is 0.887 bits per heavy atom. The molecule has 0 bridgehead atoms. The molecular weight excluding hydrogens is 692 g/mol. The summed E-state index contributed by atoms with van der Waals surface area (Å²) in [5.41, 5.74) is -3.99. The fourth-order valence-electron chi connectivity index (χ4n) is 8.78. The first-order valence-corrected chi connectivity index (χ1v) is 19.1. The van der Waals surface area contributed by atoms with E-state index >= 15 is 0 Å². The van der Waals surface area contributed by atoms with Gasteiger partial charge in [-0.1, -0.05) is 32.9 Å². The van der Waals surface area contributed by atoms with Crippen LogP contribution in [0.3, 0.4) is 0 Å². The number of hydrogen-bond donors (Lipinski definition) is 5. The number of methoxy groups -OCH3 is 2. The second-order valence-corrected chi connectivity index (χ2v) is 16.8. The van der Waals surface area contributed by atoms with Crippen LogP contribution < -0.4 is 0 Å². The van der Waals surface area contributed by atoms with Crippen molar-refractivity contribution in [1.82, 2.24) is 4.90 Å². The fraction of sp³-hybridized carbons (Fsp3) is 0.947. The lowest BCUT2D eigenvalue weighted by Crippen LogP contribution is -2.61. The van der Waals surface area contributed by atoms with E-state index in [1.807, 2.05) is 46.7 Å². The Hall–Kier alpha value is -1.50. The number of carbonyl (C=O) groups is 1. The van der Waals surface area contributed by atoms with Gasteiger partial charge in [-0.3, -0.25) is 4.79 Å². The maximum atomic E-state index is 14.2. The van der Waals surface area contributed by atoms with Crippen molar-refractivity contribution in [2.24, 2.45) is 28.8 Å². The molecule has 5 N–H and O–H groups in total. The highest BCUT2D eigenvalue weighted by Gasteiger charge is 2.54. The summed E-state index contributed by atoms with van der Waals surface area (Å²) in [6.45, 7) is 17.3. The summed E-state index contributed by atoms with van der Waals surface area (Å²) in [5, 5.41) is 59.8. The number of aliphatic hydroxyl groups excluding tert-OH is 3. The zero-order chi connectivity index (χ0) is 40.4. The van der Waals surface area contributed by atoms with E-state index in [1.165, 1.54) is 21.1 Å². The fourth-order valence-corrected chi connectivity index (χ4v) is 8.78. The number of hydrogen-bond acceptors (Lipinski definition) is 15. The predicted molar refractivity (Wildman–Crippen MR) is 195 cm³/mol. The van der Waals surface area contributed by atoms with Gasteiger partial charge in [-0.15, -0.1) is 0 Å². The van der Waals surface area contributed by atoms with Gasteiger partial charge in [0.1, 0.15) is 23.9 Å². The molecule has 0 spiro atoms. The van der Waals surface area contributed by atoms with E-state index in [9.17, 15) is 30.4 Å². The first kappa shape index (κ1) is 45.9. The third-order valence-corrected chi connectivity index (χ3v) is 12.4. The summed E-state index contributed by atoms with van der Waals surface area (Å²) < 4.78 is 44.1. The number of likely N-dealkylation sites (N-methyl/N-ethyl adjacent to an activating group) is 1. The standard InChI is InChI=1S/C38H70N2O13/c1-15-26-38(10,45)31(42)21(4)28(39-46)19(2)17-37(9,48-14)33(53-35-29(41)25(40(11)12)16-20(3)49-35)22(5)30(23(6)34(44)51-26)52-27-18-36(8,47-13)32(43)24(7)50-27/h19-27,29-33,35,41-43,45-46H,15-18H2,1-14H3/b39-28+/t19-,20-,21+,22+,23-,24+,25?,26-,27?,29?,30+,31-,32?,33-,35?,36?,37-,38-/m1/s1. The molecule has 310 valence electrons. The van der Waals surface area contributed by atoms with E-state index in [0.29, 0.717) is 6.42 Å². The quantitative estimate of drug-likeness (QED) is 0.137. The monoisotopic (exact) mass is 762 g/mol. The van der Waals surface area contributed by atoms with Crippen molar-refractivity contribution >= 4 is 11.7 Å². The van der Waals surface area contributed by atoms with Crippen LogP contribution in [0.4, 0.5) is 0 Å². The van der Waals surface area contributed by atoms with Gasteiger partial charge in [-0.2, -0.15) is 0 Å².